The van der Waals surface area contributed by atoms with Gasteiger partial charge in [0, 0.05) is 18.7 Å². The van der Waals surface area contributed by atoms with Crippen LogP contribution in [-0.4, -0.2) is 25.9 Å². The molecule has 0 aliphatic heterocycles. The van der Waals surface area contributed by atoms with E-state index in [1.54, 1.807) is 12.1 Å². The van der Waals surface area contributed by atoms with Crippen molar-refractivity contribution in [1.82, 2.24) is 0 Å². The number of nitrogens with one attached hydrogen (secondary N) is 1. The van der Waals surface area contributed by atoms with Crippen molar-refractivity contribution < 1.29 is 13.9 Å². The highest BCUT2D eigenvalue weighted by Gasteiger charge is 2.10. The molecular formula is C15H23FN2O2. The lowest BCUT2D eigenvalue weighted by Crippen LogP contribution is -2.12. The highest BCUT2D eigenvalue weighted by molar-refractivity contribution is 5.68. The summed E-state index contributed by atoms with van der Waals surface area (Å²) in [5.74, 6) is -0.256. The molecule has 0 amide bonds. The van der Waals surface area contributed by atoms with Gasteiger partial charge in [-0.15, -0.1) is 6.58 Å². The fraction of sp³-hybridized carbons (Fsp3) is 0.467. The number of nitrogens with two attached hydrogens (primary N) is 1. The van der Waals surface area contributed by atoms with Gasteiger partial charge in [-0.25, -0.2) is 4.39 Å². The second-order valence-corrected chi connectivity index (χ2v) is 4.65. The van der Waals surface area contributed by atoms with Crippen molar-refractivity contribution in [3.8, 4) is 5.75 Å². The van der Waals surface area contributed by atoms with E-state index in [-0.39, 0.29) is 11.9 Å². The number of ether oxygens (including phenoxy) is 2. The second kappa shape index (κ2) is 8.43. The topological polar surface area (TPSA) is 56.5 Å². The number of halogens is 1. The Bertz CT molecular complexity index is 436. The van der Waals surface area contributed by atoms with Gasteiger partial charge < -0.3 is 20.5 Å². The molecule has 0 saturated heterocycles. The van der Waals surface area contributed by atoms with E-state index in [1.807, 2.05) is 13.8 Å². The zero-order chi connectivity index (χ0) is 15.0. The number of hydrogen-bond donors (Lipinski definition) is 2. The molecule has 0 aliphatic carbocycles. The minimum Gasteiger partial charge on any atom is -0.488 e. The van der Waals surface area contributed by atoms with Crippen molar-refractivity contribution in [3.05, 3.63) is 30.6 Å². The van der Waals surface area contributed by atoms with Gasteiger partial charge in [-0.2, -0.15) is 0 Å². The summed E-state index contributed by atoms with van der Waals surface area (Å²) >= 11 is 0. The zero-order valence-corrected chi connectivity index (χ0v) is 12.1. The maximum absolute atomic E-state index is 13.7. The summed E-state index contributed by atoms with van der Waals surface area (Å²) in [5.41, 5.74) is 6.77. The minimum absolute atomic E-state index is 0.0942. The highest BCUT2D eigenvalue weighted by Crippen LogP contribution is 2.28. The number of hydrogen-bond acceptors (Lipinski definition) is 4. The summed E-state index contributed by atoms with van der Waals surface area (Å²) in [6, 6.07) is 2.84. The van der Waals surface area contributed by atoms with Crippen LogP contribution in [0.4, 0.5) is 15.8 Å². The molecule has 5 heteroatoms. The molecule has 20 heavy (non-hydrogen) atoms. The Morgan fingerprint density at radius 3 is 2.80 bits per heavy atom. The summed E-state index contributed by atoms with van der Waals surface area (Å²) in [5, 5.41) is 3.11. The van der Waals surface area contributed by atoms with Crippen LogP contribution in [0.15, 0.2) is 24.8 Å². The molecule has 0 saturated carbocycles. The maximum Gasteiger partial charge on any atom is 0.167 e. The summed E-state index contributed by atoms with van der Waals surface area (Å²) in [6.45, 7) is 9.09. The lowest BCUT2D eigenvalue weighted by atomic mass is 10.2. The van der Waals surface area contributed by atoms with Crippen molar-refractivity contribution in [2.24, 2.45) is 0 Å². The summed E-state index contributed by atoms with van der Waals surface area (Å²) < 4.78 is 24.4. The van der Waals surface area contributed by atoms with Gasteiger partial charge in [0.15, 0.2) is 11.6 Å². The van der Waals surface area contributed by atoms with Crippen LogP contribution >= 0.6 is 0 Å². The Kier molecular flexibility index (Phi) is 6.87. The predicted octanol–water partition coefficient (Wildman–Crippen LogP) is 3.20. The second-order valence-electron chi connectivity index (χ2n) is 4.65. The third-order valence-corrected chi connectivity index (χ3v) is 2.49. The van der Waals surface area contributed by atoms with E-state index in [0.29, 0.717) is 31.1 Å². The van der Waals surface area contributed by atoms with E-state index in [2.05, 4.69) is 11.9 Å². The Labute approximate surface area is 119 Å². The Morgan fingerprint density at radius 2 is 2.15 bits per heavy atom. The molecule has 4 nitrogen and oxygen atoms in total. The molecule has 112 valence electrons. The molecule has 0 unspecified atom stereocenters. The molecule has 1 aromatic carbocycles. The van der Waals surface area contributed by atoms with Crippen LogP contribution in [0.2, 0.25) is 0 Å². The SMILES string of the molecule is C=CCCOCCNc1cc(OC(C)C)c(F)cc1N. The molecule has 0 bridgehead atoms. The van der Waals surface area contributed by atoms with Crippen molar-refractivity contribution in [1.29, 1.82) is 0 Å². The molecule has 0 aromatic heterocycles. The van der Waals surface area contributed by atoms with Gasteiger partial charge >= 0.3 is 0 Å². The first-order chi connectivity index (χ1) is 9.54. The zero-order valence-electron chi connectivity index (χ0n) is 12.1. The van der Waals surface area contributed by atoms with Gasteiger partial charge in [0.2, 0.25) is 0 Å². The Balaban J connectivity index is 2.54. The highest BCUT2D eigenvalue weighted by atomic mass is 19.1. The largest absolute Gasteiger partial charge is 0.488 e. The number of anilines is 2. The Hall–Kier alpha value is -1.75. The van der Waals surface area contributed by atoms with Crippen LogP contribution in [0.1, 0.15) is 20.3 Å². The fourth-order valence-electron chi connectivity index (χ4n) is 1.59. The smallest absolute Gasteiger partial charge is 0.167 e. The summed E-state index contributed by atoms with van der Waals surface area (Å²) in [4.78, 5) is 0. The maximum atomic E-state index is 13.7. The third-order valence-electron chi connectivity index (χ3n) is 2.49. The monoisotopic (exact) mass is 282 g/mol. The molecule has 3 N–H and O–H groups in total. The van der Waals surface area contributed by atoms with Crippen LogP contribution in [0, 0.1) is 5.82 Å². The van der Waals surface area contributed by atoms with Gasteiger partial charge in [0.1, 0.15) is 0 Å². The molecule has 1 rings (SSSR count). The van der Waals surface area contributed by atoms with Crippen LogP contribution in [0.5, 0.6) is 5.75 Å². The lowest BCUT2D eigenvalue weighted by molar-refractivity contribution is 0.149. The molecule has 0 radical (unpaired) electrons. The quantitative estimate of drug-likeness (QED) is 0.415. The summed E-state index contributed by atoms with van der Waals surface area (Å²) in [7, 11) is 0. The lowest BCUT2D eigenvalue weighted by Gasteiger charge is -2.15. The van der Waals surface area contributed by atoms with Crippen LogP contribution in [-0.2, 0) is 4.74 Å². The van der Waals surface area contributed by atoms with Crippen LogP contribution < -0.4 is 15.8 Å². The number of rotatable bonds is 9. The minimum atomic E-state index is -0.455. The van der Waals surface area contributed by atoms with Crippen molar-refractivity contribution in [3.63, 3.8) is 0 Å². The van der Waals surface area contributed by atoms with E-state index in [1.165, 1.54) is 6.07 Å². The average Bonchev–Trinajstić information content (AvgIpc) is 2.38. The molecule has 0 spiro atoms. The van der Waals surface area contributed by atoms with Crippen LogP contribution in [0.3, 0.4) is 0 Å². The molecular weight excluding hydrogens is 259 g/mol. The van der Waals surface area contributed by atoms with Crippen molar-refractivity contribution in [2.45, 2.75) is 26.4 Å². The van der Waals surface area contributed by atoms with Crippen molar-refractivity contribution in [2.75, 3.05) is 30.8 Å². The van der Waals surface area contributed by atoms with E-state index < -0.39 is 5.82 Å². The molecule has 1 aromatic rings. The van der Waals surface area contributed by atoms with E-state index >= 15 is 0 Å². The van der Waals surface area contributed by atoms with Crippen molar-refractivity contribution >= 4 is 11.4 Å². The first-order valence-electron chi connectivity index (χ1n) is 6.72. The Morgan fingerprint density at radius 1 is 1.40 bits per heavy atom. The molecule has 0 heterocycles. The van der Waals surface area contributed by atoms with E-state index in [4.69, 9.17) is 15.2 Å². The first kappa shape index (κ1) is 16.3. The number of nitrogen functional groups attached to an aromatic ring is 1. The van der Waals surface area contributed by atoms with Gasteiger partial charge in [0.25, 0.3) is 0 Å². The molecule has 0 aliphatic rings. The van der Waals surface area contributed by atoms with E-state index in [0.717, 1.165) is 6.42 Å². The fourth-order valence-corrected chi connectivity index (χ4v) is 1.59. The van der Waals surface area contributed by atoms with E-state index in [9.17, 15) is 4.39 Å². The normalized spacial score (nSPS) is 10.6. The van der Waals surface area contributed by atoms with Gasteiger partial charge in [-0.1, -0.05) is 6.08 Å². The standard InChI is InChI=1S/C15H23FN2O2/c1-4-5-7-19-8-6-18-14-10-15(20-11(2)3)12(16)9-13(14)17/h4,9-11,18H,1,5-8,17H2,2-3H3. The summed E-state index contributed by atoms with van der Waals surface area (Å²) in [6.07, 6.45) is 2.54. The first-order valence-corrected chi connectivity index (χ1v) is 6.72. The molecule has 0 atom stereocenters. The third kappa shape index (κ3) is 5.48. The van der Waals surface area contributed by atoms with Gasteiger partial charge in [-0.3, -0.25) is 0 Å². The average molecular weight is 282 g/mol. The predicted molar refractivity (Wildman–Crippen MR) is 80.7 cm³/mol. The molecule has 0 fully saturated rings. The van der Waals surface area contributed by atoms with Gasteiger partial charge in [-0.05, 0) is 20.3 Å². The van der Waals surface area contributed by atoms with Crippen LogP contribution in [0.25, 0.3) is 0 Å². The van der Waals surface area contributed by atoms with Gasteiger partial charge in [0.05, 0.1) is 30.7 Å². The number of benzene rings is 1.